The number of rotatable bonds is 12. The van der Waals surface area contributed by atoms with Crippen LogP contribution in [0.5, 0.6) is 11.8 Å². The van der Waals surface area contributed by atoms with E-state index in [9.17, 15) is 24.6 Å². The van der Waals surface area contributed by atoms with Crippen LogP contribution < -0.4 is 25.5 Å². The van der Waals surface area contributed by atoms with Gasteiger partial charge in [0.15, 0.2) is 5.82 Å². The Morgan fingerprint density at radius 1 is 0.867 bits per heavy atom. The number of β-amino-alcohol motifs (C(OH)–C–C–N with tert-alkyl or cyclic N) is 1. The Morgan fingerprint density at radius 2 is 1.63 bits per heavy atom. The number of aromatic hydroxyl groups is 1. The number of hydrogen-bond donors (Lipinski definition) is 3. The van der Waals surface area contributed by atoms with Crippen LogP contribution in [0.2, 0.25) is 0 Å². The zero-order valence-corrected chi connectivity index (χ0v) is 42.9. The third-order valence-electron chi connectivity index (χ3n) is 17.5. The number of ether oxygens (including phenoxy) is 1. The SMILES string of the molecule is CCc1c(F)ccc2cc(O)cc(-c3ncc4c(N5CCC[C@@](C)(O)C5)nc(OCC5(CN6CCC7(CC6)CC(F)(CN6CCN(c8ccc9c(c8)n(C)c(=O)n9C8CCC(=O)NC8=O)CC6)C7)CC5)nc4c3F)c12. The summed E-state index contributed by atoms with van der Waals surface area (Å²) in [4.78, 5) is 60.8. The minimum absolute atomic E-state index is 0.000846. The molecule has 3 N–H and O–H groups in total. The number of imide groups is 1. The van der Waals surface area contributed by atoms with Crippen LogP contribution in [-0.4, -0.2) is 139 Å². The number of imidazole rings is 1. The van der Waals surface area contributed by atoms with E-state index >= 15 is 13.2 Å². The number of phenolic OH excluding ortho intramolecular Hbond substituents is 1. The smallest absolute Gasteiger partial charge is 0.329 e. The summed E-state index contributed by atoms with van der Waals surface area (Å²) in [5.74, 6) is -1.64. The van der Waals surface area contributed by atoms with Gasteiger partial charge in [-0.05, 0) is 142 Å². The number of carbonyl (C=O) groups excluding carboxylic acids is 2. The van der Waals surface area contributed by atoms with Crippen LogP contribution in [0.25, 0.3) is 44.0 Å². The Kier molecular flexibility index (Phi) is 12.2. The van der Waals surface area contributed by atoms with Crippen molar-refractivity contribution >= 4 is 56.0 Å². The van der Waals surface area contributed by atoms with E-state index in [0.717, 1.165) is 77.2 Å². The number of benzene rings is 3. The maximum atomic E-state index is 17.2. The molecule has 1 unspecified atom stereocenters. The van der Waals surface area contributed by atoms with Crippen molar-refractivity contribution in [3.05, 3.63) is 76.3 Å². The number of nitrogens with one attached hydrogen (secondary N) is 1. The standard InChI is InChI=1S/C56H65F3N10O6/c1-4-37-40(57)8-6-34-24-36(70)26-38(45(34)37)47-46(58)48-39(27-60-47)49(68-17-5-12-53(2,74)30-68)63-51(62-48)75-33-55(13-14-55)31-65-18-15-54(16-19-65)28-56(59,29-54)32-66-20-22-67(23-21-66)35-7-9-41-43(25-35)64(3)52(73)69(41)42-10-11-44(71)61-50(42)72/h6-9,24-27,42,70,74H,4-5,10-23,28-33H2,1-3H3,(H,61,71,72)/t42?,53-/m1/s1. The van der Waals surface area contributed by atoms with E-state index in [2.05, 4.69) is 30.0 Å². The van der Waals surface area contributed by atoms with Gasteiger partial charge in [0.1, 0.15) is 40.3 Å². The minimum atomic E-state index is -1.22. The number of amides is 2. The molecule has 3 aromatic carbocycles. The third kappa shape index (κ3) is 9.15. The van der Waals surface area contributed by atoms with Crippen molar-refractivity contribution < 1.29 is 37.7 Å². The average Bonchev–Trinajstić information content (AvgIpc) is 4.10. The molecule has 2 amide bonds. The Labute approximate surface area is 432 Å². The van der Waals surface area contributed by atoms with Crippen LogP contribution in [-0.2, 0) is 23.1 Å². The summed E-state index contributed by atoms with van der Waals surface area (Å²) in [6, 6.07) is 11.0. The molecule has 0 bridgehead atoms. The van der Waals surface area contributed by atoms with Gasteiger partial charge in [-0.2, -0.15) is 9.97 Å². The number of hydrogen-bond acceptors (Lipinski definition) is 13. The number of fused-ring (bicyclic) bond motifs is 3. The summed E-state index contributed by atoms with van der Waals surface area (Å²) in [7, 11) is 1.70. The zero-order valence-electron chi connectivity index (χ0n) is 42.9. The Morgan fingerprint density at radius 3 is 2.35 bits per heavy atom. The highest BCUT2D eigenvalue weighted by Gasteiger charge is 2.57. The van der Waals surface area contributed by atoms with E-state index in [0.29, 0.717) is 90.4 Å². The topological polar surface area (TPSA) is 174 Å². The van der Waals surface area contributed by atoms with Gasteiger partial charge in [0.25, 0.3) is 0 Å². The molecule has 19 heteroatoms. The van der Waals surface area contributed by atoms with Crippen LogP contribution >= 0.6 is 0 Å². The molecule has 12 rings (SSSR count). The molecule has 2 saturated carbocycles. The first-order valence-corrected chi connectivity index (χ1v) is 26.8. The van der Waals surface area contributed by atoms with Crippen LogP contribution in [0.15, 0.2) is 53.5 Å². The molecule has 7 heterocycles. The van der Waals surface area contributed by atoms with Crippen molar-refractivity contribution in [2.45, 2.75) is 102 Å². The normalized spacial score (nSPS) is 23.8. The van der Waals surface area contributed by atoms with Crippen LogP contribution in [0.1, 0.15) is 89.7 Å². The van der Waals surface area contributed by atoms with Crippen molar-refractivity contribution in [1.82, 2.24) is 39.2 Å². The number of carbonyl (C=O) groups is 2. The van der Waals surface area contributed by atoms with Gasteiger partial charge in [0, 0.05) is 88.7 Å². The number of halogens is 3. The number of aliphatic hydroxyl groups is 1. The molecule has 2 atom stereocenters. The molecule has 0 radical (unpaired) electrons. The van der Waals surface area contributed by atoms with Crippen molar-refractivity contribution in [1.29, 1.82) is 0 Å². The maximum absolute atomic E-state index is 17.2. The number of piperazine rings is 1. The number of aromatic nitrogens is 5. The molecule has 16 nitrogen and oxygen atoms in total. The quantitative estimate of drug-likeness (QED) is 0.108. The lowest BCUT2D eigenvalue weighted by Gasteiger charge is -2.57. The molecule has 396 valence electrons. The fourth-order valence-corrected chi connectivity index (χ4v) is 13.5. The number of likely N-dealkylation sites (tertiary alicyclic amines) is 1. The highest BCUT2D eigenvalue weighted by Crippen LogP contribution is 2.58. The summed E-state index contributed by atoms with van der Waals surface area (Å²) >= 11 is 0. The number of alkyl halides is 1. The van der Waals surface area contributed by atoms with E-state index in [1.165, 1.54) is 29.0 Å². The predicted molar refractivity (Wildman–Crippen MR) is 279 cm³/mol. The molecule has 6 aromatic rings. The summed E-state index contributed by atoms with van der Waals surface area (Å²) < 4.78 is 58.4. The lowest BCUT2D eigenvalue weighted by molar-refractivity contribution is -0.135. The van der Waals surface area contributed by atoms with E-state index in [4.69, 9.17) is 9.72 Å². The third-order valence-corrected chi connectivity index (χ3v) is 17.5. The van der Waals surface area contributed by atoms with E-state index in [-0.39, 0.29) is 70.3 Å². The molecular formula is C56H65F3N10O6. The second-order valence-corrected chi connectivity index (χ2v) is 23.2. The van der Waals surface area contributed by atoms with Crippen LogP contribution in [0.4, 0.5) is 24.7 Å². The van der Waals surface area contributed by atoms with E-state index < -0.39 is 34.9 Å². The predicted octanol–water partition coefficient (Wildman–Crippen LogP) is 6.94. The summed E-state index contributed by atoms with van der Waals surface area (Å²) in [5, 5.41) is 25.6. The molecule has 1 spiro atoms. The largest absolute Gasteiger partial charge is 0.508 e. The van der Waals surface area contributed by atoms with Crippen molar-refractivity contribution in [3.63, 3.8) is 0 Å². The molecule has 6 fully saturated rings. The lowest BCUT2D eigenvalue weighted by Crippen LogP contribution is -2.60. The fraction of sp³-hybridized carbons (Fsp3) is 0.536. The molecule has 4 saturated heterocycles. The van der Waals surface area contributed by atoms with Gasteiger partial charge in [-0.3, -0.25) is 33.9 Å². The first kappa shape index (κ1) is 49.6. The monoisotopic (exact) mass is 1030 g/mol. The number of nitrogens with zero attached hydrogens (tertiary/aromatic N) is 9. The van der Waals surface area contributed by atoms with Gasteiger partial charge < -0.3 is 29.6 Å². The first-order chi connectivity index (χ1) is 35.9. The van der Waals surface area contributed by atoms with Gasteiger partial charge in [-0.15, -0.1) is 0 Å². The molecule has 75 heavy (non-hydrogen) atoms. The molecule has 2 aliphatic carbocycles. The number of piperidine rings is 3. The van der Waals surface area contributed by atoms with Gasteiger partial charge in [0.05, 0.1) is 28.6 Å². The lowest BCUT2D eigenvalue weighted by atomic mass is 9.55. The molecule has 3 aromatic heterocycles. The zero-order chi connectivity index (χ0) is 52.2. The second-order valence-electron chi connectivity index (χ2n) is 23.2. The summed E-state index contributed by atoms with van der Waals surface area (Å²) in [6.45, 7) is 10.7. The minimum Gasteiger partial charge on any atom is -0.508 e. The summed E-state index contributed by atoms with van der Waals surface area (Å²) in [5.41, 5.74) is 0.250. The fourth-order valence-electron chi connectivity index (χ4n) is 13.5. The average molecular weight is 1030 g/mol. The number of anilines is 2. The summed E-state index contributed by atoms with van der Waals surface area (Å²) in [6.07, 6.45) is 8.57. The Bertz CT molecular complexity index is 3330. The highest BCUT2D eigenvalue weighted by atomic mass is 19.1. The van der Waals surface area contributed by atoms with Crippen molar-refractivity contribution in [3.8, 4) is 23.0 Å². The first-order valence-electron chi connectivity index (χ1n) is 26.8. The number of pyridine rings is 1. The number of aryl methyl sites for hydroxylation is 2. The van der Waals surface area contributed by atoms with E-state index in [1.54, 1.807) is 24.6 Å². The van der Waals surface area contributed by atoms with Gasteiger partial charge in [0.2, 0.25) is 11.8 Å². The molecule has 6 aliphatic rings. The van der Waals surface area contributed by atoms with Crippen LogP contribution in [0.3, 0.4) is 0 Å². The Hall–Kier alpha value is -6.31. The molecule has 4 aliphatic heterocycles. The van der Waals surface area contributed by atoms with Crippen LogP contribution in [0, 0.1) is 22.5 Å². The van der Waals surface area contributed by atoms with E-state index in [1.807, 2.05) is 30.0 Å². The van der Waals surface area contributed by atoms with Crippen molar-refractivity contribution in [2.75, 3.05) is 81.9 Å². The van der Waals surface area contributed by atoms with Gasteiger partial charge >= 0.3 is 11.7 Å². The number of phenols is 1. The Balaban J connectivity index is 0.678. The maximum Gasteiger partial charge on any atom is 0.329 e. The van der Waals surface area contributed by atoms with Gasteiger partial charge in [-0.25, -0.2) is 18.0 Å². The highest BCUT2D eigenvalue weighted by molar-refractivity contribution is 6.02. The van der Waals surface area contributed by atoms with Gasteiger partial charge in [-0.1, -0.05) is 13.0 Å². The van der Waals surface area contributed by atoms with Crippen molar-refractivity contribution in [2.24, 2.45) is 17.9 Å². The second kappa shape index (κ2) is 18.5. The molecular weight excluding hydrogens is 966 g/mol.